The Labute approximate surface area is 485 Å². The van der Waals surface area contributed by atoms with Crippen molar-refractivity contribution in [2.24, 2.45) is 0 Å². The van der Waals surface area contributed by atoms with Gasteiger partial charge in [-0.3, -0.25) is 0 Å². The second kappa shape index (κ2) is 25.9. The first-order valence-corrected chi connectivity index (χ1v) is 30.2. The van der Waals surface area contributed by atoms with E-state index in [9.17, 15) is 10.2 Å². The van der Waals surface area contributed by atoms with Gasteiger partial charge in [-0.1, -0.05) is 55.5 Å². The molecule has 2 N–H and O–H groups in total. The Balaban J connectivity index is 0.000000166. The summed E-state index contributed by atoms with van der Waals surface area (Å²) in [7, 11) is 0. The second-order valence-electron chi connectivity index (χ2n) is 21.1. The van der Waals surface area contributed by atoms with E-state index in [4.69, 9.17) is 47.4 Å². The minimum absolute atomic E-state index is 0.235. The molecule has 10 unspecified atom stereocenters. The maximum absolute atomic E-state index is 12.6. The molecular weight excluding hydrogens is 1210 g/mol. The van der Waals surface area contributed by atoms with Gasteiger partial charge in [0, 0.05) is 44.0 Å². The van der Waals surface area contributed by atoms with Gasteiger partial charge in [0.2, 0.25) is 0 Å². The van der Waals surface area contributed by atoms with Gasteiger partial charge in [-0.2, -0.15) is 0 Å². The maximum Gasteiger partial charge on any atom is 0.199 e. The van der Waals surface area contributed by atoms with Crippen LogP contribution in [0.15, 0.2) is 133 Å². The molecule has 0 amide bonds. The van der Waals surface area contributed by atoms with Gasteiger partial charge in [-0.05, 0) is 210 Å². The molecule has 0 spiro atoms. The van der Waals surface area contributed by atoms with Crippen LogP contribution in [-0.2, 0) is 24.5 Å². The van der Waals surface area contributed by atoms with Gasteiger partial charge < -0.3 is 57.6 Å². The summed E-state index contributed by atoms with van der Waals surface area (Å²) in [6.07, 6.45) is 10.0. The molecule has 0 bridgehead atoms. The van der Waals surface area contributed by atoms with Gasteiger partial charge in [-0.25, -0.2) is 0 Å². The lowest BCUT2D eigenvalue weighted by Crippen LogP contribution is -2.42. The SMILES string of the molecule is CCC1(O)c2cc(OC3CCCCO3)ccc2OC(c2ccc(I)cc2)C1c1cccc(OC2CCCCO2)c1.OC1c2cc(OC3CCCCO3)ccc2OC(c2ccc(I)cc2)C1c1cccc(OC2CCCCO2)c1. The number of aliphatic hydroxyl groups is 2. The van der Waals surface area contributed by atoms with Gasteiger partial charge in [0.15, 0.2) is 25.2 Å². The minimum Gasteiger partial charge on any atom is -0.485 e. The topological polar surface area (TPSA) is 133 Å². The highest BCUT2D eigenvalue weighted by Crippen LogP contribution is 2.56. The zero-order valence-corrected chi connectivity index (χ0v) is 48.5. The fourth-order valence-electron chi connectivity index (χ4n) is 11.6. The number of halogens is 2. The van der Waals surface area contributed by atoms with Gasteiger partial charge in [0.05, 0.1) is 44.4 Å². The summed E-state index contributed by atoms with van der Waals surface area (Å²) in [5.74, 6) is 3.43. The van der Waals surface area contributed by atoms with Crippen molar-refractivity contribution in [2.45, 2.75) is 151 Å². The molecule has 78 heavy (non-hydrogen) atoms. The monoisotopic (exact) mass is 1280 g/mol. The molecule has 6 aliphatic rings. The van der Waals surface area contributed by atoms with E-state index in [2.05, 4.69) is 99.8 Å². The third-order valence-corrected chi connectivity index (χ3v) is 17.2. The number of hydrogen-bond acceptors (Lipinski definition) is 12. The predicted molar refractivity (Wildman–Crippen MR) is 312 cm³/mol. The van der Waals surface area contributed by atoms with Crippen LogP contribution < -0.4 is 28.4 Å². The lowest BCUT2D eigenvalue weighted by molar-refractivity contribution is -0.106. The summed E-state index contributed by atoms with van der Waals surface area (Å²) in [6.45, 7) is 4.90. The molecule has 0 aliphatic carbocycles. The van der Waals surface area contributed by atoms with Crippen LogP contribution >= 0.6 is 45.2 Å². The number of benzene rings is 6. The normalized spacial score (nSPS) is 27.7. The van der Waals surface area contributed by atoms with E-state index < -0.39 is 17.8 Å². The maximum atomic E-state index is 12.6. The zero-order chi connectivity index (χ0) is 53.4. The van der Waals surface area contributed by atoms with Crippen LogP contribution in [0.2, 0.25) is 0 Å². The number of hydrogen-bond donors (Lipinski definition) is 2. The molecule has 0 saturated carbocycles. The standard InChI is InChI=1S/C33H37IO6.C31H33IO6/c1-2-33(35)27-21-26(39-30-11-4-6-19-37-30)16-17-28(27)40-32(22-12-14-24(34)15-13-22)31(33)23-8-7-9-25(20-23)38-29-10-3-5-18-36-29;32-22-12-10-20(11-13-22)31-29(21-6-5-7-23(18-21)36-27-8-1-3-16-34-27)30(33)25-19-24(14-15-26(25)38-31)37-28-9-2-4-17-35-28/h7-9,12-17,20-21,29-32,35H,2-6,10-11,18-19H2,1H3;5-7,10-15,18-19,27-31,33H,1-4,8-9,16-17H2. The number of rotatable bonds is 13. The van der Waals surface area contributed by atoms with Crippen molar-refractivity contribution in [3.8, 4) is 34.5 Å². The molecular formula is C64H70I2O12. The first-order chi connectivity index (χ1) is 38.2. The van der Waals surface area contributed by atoms with Crippen LogP contribution in [0.5, 0.6) is 34.5 Å². The molecule has 14 heteroatoms. The van der Waals surface area contributed by atoms with Crippen LogP contribution in [0.1, 0.15) is 154 Å². The van der Waals surface area contributed by atoms with E-state index >= 15 is 0 Å². The van der Waals surface area contributed by atoms with E-state index in [1.807, 2.05) is 85.8 Å². The fraction of sp³-hybridized carbons (Fsp3) is 0.438. The van der Waals surface area contributed by atoms with Crippen molar-refractivity contribution in [3.05, 3.63) is 174 Å². The number of aliphatic hydroxyl groups excluding tert-OH is 1. The van der Waals surface area contributed by atoms with Crippen molar-refractivity contribution in [1.29, 1.82) is 0 Å². The van der Waals surface area contributed by atoms with Crippen LogP contribution in [0, 0.1) is 7.14 Å². The van der Waals surface area contributed by atoms with Crippen molar-refractivity contribution in [1.82, 2.24) is 0 Å². The molecule has 6 aliphatic heterocycles. The average Bonchev–Trinajstić information content (AvgIpc) is 3.64. The Bertz CT molecular complexity index is 2900. The molecule has 4 fully saturated rings. The Morgan fingerprint density at radius 2 is 0.910 bits per heavy atom. The van der Waals surface area contributed by atoms with Crippen LogP contribution in [-0.4, -0.2) is 61.8 Å². The lowest BCUT2D eigenvalue weighted by atomic mass is 9.69. The van der Waals surface area contributed by atoms with Crippen molar-refractivity contribution < 1.29 is 57.6 Å². The number of fused-ring (bicyclic) bond motifs is 2. The van der Waals surface area contributed by atoms with Gasteiger partial charge in [0.1, 0.15) is 52.3 Å². The van der Waals surface area contributed by atoms with E-state index in [1.165, 1.54) is 0 Å². The predicted octanol–water partition coefficient (Wildman–Crippen LogP) is 14.7. The number of ether oxygens (including phenoxy) is 10. The summed E-state index contributed by atoms with van der Waals surface area (Å²) in [6, 6.07) is 44.1. The lowest BCUT2D eigenvalue weighted by Gasteiger charge is -2.46. The molecule has 12 nitrogen and oxygen atoms in total. The summed E-state index contributed by atoms with van der Waals surface area (Å²) in [5.41, 5.74) is 4.16. The van der Waals surface area contributed by atoms with E-state index in [0.717, 1.165) is 137 Å². The van der Waals surface area contributed by atoms with E-state index in [-0.39, 0.29) is 43.1 Å². The van der Waals surface area contributed by atoms with E-state index in [1.54, 1.807) is 0 Å². The Kier molecular flexibility index (Phi) is 18.3. The second-order valence-corrected chi connectivity index (χ2v) is 23.6. The fourth-order valence-corrected chi connectivity index (χ4v) is 12.3. The smallest absolute Gasteiger partial charge is 0.199 e. The molecule has 10 atom stereocenters. The molecule has 6 aromatic rings. The summed E-state index contributed by atoms with van der Waals surface area (Å²) in [5, 5.41) is 24.5. The molecule has 0 aromatic heterocycles. The molecule has 4 saturated heterocycles. The third kappa shape index (κ3) is 13.1. The van der Waals surface area contributed by atoms with Gasteiger partial charge in [0.25, 0.3) is 0 Å². The largest absolute Gasteiger partial charge is 0.485 e. The third-order valence-electron chi connectivity index (χ3n) is 15.7. The van der Waals surface area contributed by atoms with Crippen molar-refractivity contribution in [3.63, 3.8) is 0 Å². The van der Waals surface area contributed by atoms with E-state index in [0.29, 0.717) is 48.2 Å². The van der Waals surface area contributed by atoms with Crippen molar-refractivity contribution >= 4 is 45.2 Å². The summed E-state index contributed by atoms with van der Waals surface area (Å²) >= 11 is 4.61. The summed E-state index contributed by atoms with van der Waals surface area (Å²) < 4.78 is 63.6. The minimum atomic E-state index is -1.21. The Morgan fingerprint density at radius 3 is 1.40 bits per heavy atom. The zero-order valence-electron chi connectivity index (χ0n) is 44.2. The van der Waals surface area contributed by atoms with Crippen LogP contribution in [0.25, 0.3) is 0 Å². The van der Waals surface area contributed by atoms with Gasteiger partial charge >= 0.3 is 0 Å². The Hall–Kier alpha value is -4.66. The quantitative estimate of drug-likeness (QED) is 0.107. The Morgan fingerprint density at radius 1 is 0.474 bits per heavy atom. The molecule has 6 aromatic carbocycles. The molecule has 6 heterocycles. The molecule has 412 valence electrons. The average molecular weight is 1290 g/mol. The van der Waals surface area contributed by atoms with Crippen LogP contribution in [0.4, 0.5) is 0 Å². The highest BCUT2D eigenvalue weighted by atomic mass is 127. The van der Waals surface area contributed by atoms with Gasteiger partial charge in [-0.15, -0.1) is 0 Å². The van der Waals surface area contributed by atoms with Crippen LogP contribution in [0.3, 0.4) is 0 Å². The first kappa shape index (κ1) is 55.3. The molecule has 0 radical (unpaired) electrons. The highest BCUT2D eigenvalue weighted by Gasteiger charge is 2.50. The molecule has 12 rings (SSSR count). The van der Waals surface area contributed by atoms with Crippen molar-refractivity contribution in [2.75, 3.05) is 26.4 Å². The summed E-state index contributed by atoms with van der Waals surface area (Å²) in [4.78, 5) is 0. The highest BCUT2D eigenvalue weighted by molar-refractivity contribution is 14.1. The first-order valence-electron chi connectivity index (χ1n) is 28.0.